The van der Waals surface area contributed by atoms with Gasteiger partial charge in [0.1, 0.15) is 0 Å². The van der Waals surface area contributed by atoms with E-state index in [-0.39, 0.29) is 11.5 Å². The highest BCUT2D eigenvalue weighted by Gasteiger charge is 2.12. The lowest BCUT2D eigenvalue weighted by Crippen LogP contribution is -2.24. The van der Waals surface area contributed by atoms with Crippen molar-refractivity contribution in [1.29, 1.82) is 0 Å². The zero-order chi connectivity index (χ0) is 10.7. The number of anilines is 1. The summed E-state index contributed by atoms with van der Waals surface area (Å²) in [4.78, 5) is 26.6. The van der Waals surface area contributed by atoms with Gasteiger partial charge in [-0.2, -0.15) is 0 Å². The number of amides is 1. The Labute approximate surface area is 81.7 Å². The van der Waals surface area contributed by atoms with Gasteiger partial charge in [0.05, 0.1) is 11.3 Å². The maximum atomic E-state index is 11.6. The molecule has 5 nitrogen and oxygen atoms in total. The van der Waals surface area contributed by atoms with Gasteiger partial charge in [0.2, 0.25) is 5.56 Å². The van der Waals surface area contributed by atoms with Crippen LogP contribution in [0.15, 0.2) is 17.1 Å². The van der Waals surface area contributed by atoms with E-state index in [1.807, 2.05) is 0 Å². The van der Waals surface area contributed by atoms with Gasteiger partial charge in [0, 0.05) is 33.4 Å². The summed E-state index contributed by atoms with van der Waals surface area (Å²) < 4.78 is 0. The summed E-state index contributed by atoms with van der Waals surface area (Å²) in [6.45, 7) is 0. The van der Waals surface area contributed by atoms with Crippen LogP contribution in [0.2, 0.25) is 0 Å². The minimum Gasteiger partial charge on any atom is -0.386 e. The second-order valence-electron chi connectivity index (χ2n) is 3.07. The van der Waals surface area contributed by atoms with Gasteiger partial charge in [-0.25, -0.2) is 0 Å². The highest BCUT2D eigenvalue weighted by Crippen LogP contribution is 2.11. The monoisotopic (exact) mass is 195 g/mol. The number of pyridine rings is 1. The molecule has 1 heterocycles. The van der Waals surface area contributed by atoms with Crippen LogP contribution < -0.4 is 10.9 Å². The second-order valence-corrected chi connectivity index (χ2v) is 3.07. The van der Waals surface area contributed by atoms with Crippen LogP contribution >= 0.6 is 0 Å². The molecule has 0 aromatic carbocycles. The minimum absolute atomic E-state index is 0.194. The lowest BCUT2D eigenvalue weighted by Gasteiger charge is -2.12. The van der Waals surface area contributed by atoms with Crippen LogP contribution in [0.25, 0.3) is 0 Å². The van der Waals surface area contributed by atoms with E-state index in [0.717, 1.165) is 0 Å². The van der Waals surface area contributed by atoms with E-state index < -0.39 is 0 Å². The molecular weight excluding hydrogens is 182 g/mol. The predicted molar refractivity (Wildman–Crippen MR) is 54.6 cm³/mol. The maximum absolute atomic E-state index is 11.6. The molecule has 5 heteroatoms. The molecule has 0 fully saturated rings. The van der Waals surface area contributed by atoms with Crippen LogP contribution in [0, 0.1) is 0 Å². The van der Waals surface area contributed by atoms with Crippen LogP contribution in [-0.4, -0.2) is 36.9 Å². The van der Waals surface area contributed by atoms with Crippen molar-refractivity contribution in [3.8, 4) is 0 Å². The summed E-state index contributed by atoms with van der Waals surface area (Å²) in [5.41, 5.74) is 0.707. The van der Waals surface area contributed by atoms with E-state index >= 15 is 0 Å². The number of aromatic nitrogens is 1. The molecule has 1 amide bonds. The third-order valence-electron chi connectivity index (χ3n) is 1.83. The van der Waals surface area contributed by atoms with Gasteiger partial charge < -0.3 is 15.2 Å². The average molecular weight is 195 g/mol. The smallest absolute Gasteiger partial charge is 0.255 e. The summed E-state index contributed by atoms with van der Waals surface area (Å²) in [7, 11) is 4.98. The molecule has 0 radical (unpaired) electrons. The molecule has 0 unspecified atom stereocenters. The Hall–Kier alpha value is -1.78. The highest BCUT2D eigenvalue weighted by molar-refractivity contribution is 5.98. The summed E-state index contributed by atoms with van der Waals surface area (Å²) in [5, 5.41) is 2.84. The average Bonchev–Trinajstić information content (AvgIpc) is 2.16. The summed E-state index contributed by atoms with van der Waals surface area (Å²) >= 11 is 0. The van der Waals surface area contributed by atoms with Crippen LogP contribution in [-0.2, 0) is 0 Å². The molecule has 0 bridgehead atoms. The largest absolute Gasteiger partial charge is 0.386 e. The standard InChI is InChI=1S/C9H13N3O2/c1-10-7-5-11-8(13)4-6(7)9(14)12(2)3/h4-5,10H,1-3H3,(H,11,13). The molecule has 1 aromatic rings. The van der Waals surface area contributed by atoms with Gasteiger partial charge >= 0.3 is 0 Å². The molecule has 2 N–H and O–H groups in total. The fraction of sp³-hybridized carbons (Fsp3) is 0.333. The first kappa shape index (κ1) is 10.3. The normalized spacial score (nSPS) is 9.64. The Morgan fingerprint density at radius 1 is 1.50 bits per heavy atom. The van der Waals surface area contributed by atoms with Gasteiger partial charge in [-0.15, -0.1) is 0 Å². The summed E-state index contributed by atoms with van der Waals surface area (Å²) in [5.74, 6) is -0.194. The van der Waals surface area contributed by atoms with E-state index in [1.165, 1.54) is 17.2 Å². The van der Waals surface area contributed by atoms with Crippen LogP contribution in [0.4, 0.5) is 5.69 Å². The van der Waals surface area contributed by atoms with Gasteiger partial charge in [0.25, 0.3) is 5.91 Å². The van der Waals surface area contributed by atoms with Crippen molar-refractivity contribution in [2.45, 2.75) is 0 Å². The predicted octanol–water partition coefficient (Wildman–Crippen LogP) is 0.118. The van der Waals surface area contributed by atoms with Crippen molar-refractivity contribution in [3.63, 3.8) is 0 Å². The Balaban J connectivity index is 3.24. The van der Waals surface area contributed by atoms with Crippen molar-refractivity contribution in [2.24, 2.45) is 0 Å². The van der Waals surface area contributed by atoms with Crippen molar-refractivity contribution in [1.82, 2.24) is 9.88 Å². The number of hydrogen-bond donors (Lipinski definition) is 2. The number of hydrogen-bond acceptors (Lipinski definition) is 3. The Morgan fingerprint density at radius 3 is 2.64 bits per heavy atom. The zero-order valence-electron chi connectivity index (χ0n) is 8.42. The third-order valence-corrected chi connectivity index (χ3v) is 1.83. The second kappa shape index (κ2) is 3.95. The Kier molecular flexibility index (Phi) is 2.91. The van der Waals surface area contributed by atoms with E-state index in [0.29, 0.717) is 11.3 Å². The lowest BCUT2D eigenvalue weighted by atomic mass is 10.2. The molecule has 14 heavy (non-hydrogen) atoms. The molecule has 0 spiro atoms. The molecule has 0 saturated carbocycles. The minimum atomic E-state index is -0.283. The number of aromatic amines is 1. The fourth-order valence-electron chi connectivity index (χ4n) is 1.10. The molecular formula is C9H13N3O2. The van der Waals surface area contributed by atoms with Gasteiger partial charge in [-0.1, -0.05) is 0 Å². The first-order chi connectivity index (χ1) is 6.56. The van der Waals surface area contributed by atoms with E-state index in [4.69, 9.17) is 0 Å². The molecule has 0 saturated heterocycles. The number of H-pyrrole nitrogens is 1. The maximum Gasteiger partial charge on any atom is 0.255 e. The van der Waals surface area contributed by atoms with Gasteiger partial charge in [0.15, 0.2) is 0 Å². The summed E-state index contributed by atoms with van der Waals surface area (Å²) in [6, 6.07) is 1.29. The fourth-order valence-corrected chi connectivity index (χ4v) is 1.10. The number of nitrogens with zero attached hydrogens (tertiary/aromatic N) is 1. The number of rotatable bonds is 2. The SMILES string of the molecule is CNc1c[nH]c(=O)cc1C(=O)N(C)C. The summed E-state index contributed by atoms with van der Waals surface area (Å²) in [6.07, 6.45) is 1.49. The third kappa shape index (κ3) is 1.93. The number of carbonyl (C=O) groups is 1. The van der Waals surface area contributed by atoms with Crippen LogP contribution in [0.3, 0.4) is 0 Å². The van der Waals surface area contributed by atoms with Crippen molar-refractivity contribution >= 4 is 11.6 Å². The van der Waals surface area contributed by atoms with Gasteiger partial charge in [-0.3, -0.25) is 9.59 Å². The van der Waals surface area contributed by atoms with Crippen molar-refractivity contribution in [3.05, 3.63) is 28.2 Å². The van der Waals surface area contributed by atoms with Gasteiger partial charge in [-0.05, 0) is 0 Å². The molecule has 0 aliphatic carbocycles. The highest BCUT2D eigenvalue weighted by atomic mass is 16.2. The number of nitrogens with one attached hydrogen (secondary N) is 2. The molecule has 0 aliphatic rings. The van der Waals surface area contributed by atoms with Crippen LogP contribution in [0.5, 0.6) is 0 Å². The quantitative estimate of drug-likeness (QED) is 0.704. The first-order valence-corrected chi connectivity index (χ1v) is 4.18. The van der Waals surface area contributed by atoms with Crippen molar-refractivity contribution < 1.29 is 4.79 Å². The van der Waals surface area contributed by atoms with Crippen molar-refractivity contribution in [2.75, 3.05) is 26.5 Å². The number of carbonyl (C=O) groups excluding carboxylic acids is 1. The molecule has 1 aromatic heterocycles. The molecule has 1 rings (SSSR count). The topological polar surface area (TPSA) is 65.2 Å². The van der Waals surface area contributed by atoms with E-state index in [1.54, 1.807) is 21.1 Å². The molecule has 76 valence electrons. The van der Waals surface area contributed by atoms with E-state index in [9.17, 15) is 9.59 Å². The Bertz CT molecular complexity index is 395. The Morgan fingerprint density at radius 2 is 2.14 bits per heavy atom. The lowest BCUT2D eigenvalue weighted by molar-refractivity contribution is 0.0828. The zero-order valence-corrected chi connectivity index (χ0v) is 8.42. The van der Waals surface area contributed by atoms with Crippen LogP contribution in [0.1, 0.15) is 10.4 Å². The molecule has 0 atom stereocenters. The molecule has 0 aliphatic heterocycles. The van der Waals surface area contributed by atoms with E-state index in [2.05, 4.69) is 10.3 Å². The first-order valence-electron chi connectivity index (χ1n) is 4.18.